The average Bonchev–Trinajstić information content (AvgIpc) is 2.87. The zero-order valence-corrected chi connectivity index (χ0v) is 6.81. The molecule has 0 aromatic rings. The highest BCUT2D eigenvalue weighted by atomic mass is 16.1. The standard InChI is InChI=1S/C10H14O/c11-10(9-6-7-9)8-4-2-1-3-5-8/h4,9H,1-3,5-7H2. The van der Waals surface area contributed by atoms with E-state index in [2.05, 4.69) is 6.08 Å². The van der Waals surface area contributed by atoms with Gasteiger partial charge in [0.1, 0.15) is 0 Å². The smallest absolute Gasteiger partial charge is 0.161 e. The van der Waals surface area contributed by atoms with Crippen molar-refractivity contribution in [3.05, 3.63) is 11.6 Å². The number of Topliss-reactive ketones (excluding diaryl/α,β-unsaturated/α-hetero) is 1. The Bertz CT molecular complexity index is 199. The summed E-state index contributed by atoms with van der Waals surface area (Å²) in [6.45, 7) is 0. The highest BCUT2D eigenvalue weighted by molar-refractivity contribution is 5.98. The summed E-state index contributed by atoms with van der Waals surface area (Å²) in [7, 11) is 0. The lowest BCUT2D eigenvalue weighted by molar-refractivity contribution is -0.116. The maximum atomic E-state index is 11.5. The molecule has 1 nitrogen and oxygen atoms in total. The van der Waals surface area contributed by atoms with Crippen LogP contribution in [0.15, 0.2) is 11.6 Å². The van der Waals surface area contributed by atoms with Gasteiger partial charge in [0.2, 0.25) is 0 Å². The summed E-state index contributed by atoms with van der Waals surface area (Å²) in [4.78, 5) is 11.5. The zero-order chi connectivity index (χ0) is 7.68. The Kier molecular flexibility index (Phi) is 1.80. The topological polar surface area (TPSA) is 17.1 Å². The van der Waals surface area contributed by atoms with E-state index in [0.29, 0.717) is 11.7 Å². The number of hydrogen-bond acceptors (Lipinski definition) is 1. The maximum absolute atomic E-state index is 11.5. The first-order valence-corrected chi connectivity index (χ1v) is 4.61. The van der Waals surface area contributed by atoms with Gasteiger partial charge in [0.15, 0.2) is 5.78 Å². The van der Waals surface area contributed by atoms with Gasteiger partial charge in [0.05, 0.1) is 0 Å². The molecule has 2 rings (SSSR count). The lowest BCUT2D eigenvalue weighted by Crippen LogP contribution is -2.07. The van der Waals surface area contributed by atoms with Crippen molar-refractivity contribution in [3.63, 3.8) is 0 Å². The monoisotopic (exact) mass is 150 g/mol. The van der Waals surface area contributed by atoms with Crippen molar-refractivity contribution in [3.8, 4) is 0 Å². The molecule has 0 unspecified atom stereocenters. The molecule has 0 amide bonds. The molecule has 0 radical (unpaired) electrons. The van der Waals surface area contributed by atoms with Gasteiger partial charge in [-0.1, -0.05) is 6.08 Å². The Labute approximate surface area is 67.5 Å². The predicted molar refractivity (Wildman–Crippen MR) is 44.3 cm³/mol. The van der Waals surface area contributed by atoms with E-state index in [-0.39, 0.29) is 0 Å². The van der Waals surface area contributed by atoms with Crippen LogP contribution in [-0.4, -0.2) is 5.78 Å². The number of hydrogen-bond donors (Lipinski definition) is 0. The molecule has 0 saturated heterocycles. The molecule has 2 aliphatic carbocycles. The Morgan fingerprint density at radius 3 is 2.73 bits per heavy atom. The summed E-state index contributed by atoms with van der Waals surface area (Å²) in [5.41, 5.74) is 1.14. The quantitative estimate of drug-likeness (QED) is 0.591. The van der Waals surface area contributed by atoms with E-state index in [0.717, 1.165) is 31.3 Å². The second-order valence-electron chi connectivity index (χ2n) is 3.61. The van der Waals surface area contributed by atoms with Crippen molar-refractivity contribution in [1.29, 1.82) is 0 Å². The average molecular weight is 150 g/mol. The lowest BCUT2D eigenvalue weighted by atomic mass is 9.94. The van der Waals surface area contributed by atoms with Crippen LogP contribution in [0.4, 0.5) is 0 Å². The van der Waals surface area contributed by atoms with Gasteiger partial charge in [0.25, 0.3) is 0 Å². The Hall–Kier alpha value is -0.590. The summed E-state index contributed by atoms with van der Waals surface area (Å²) in [6.07, 6.45) is 9.14. The fourth-order valence-corrected chi connectivity index (χ4v) is 1.67. The SMILES string of the molecule is O=C(C1=CCCCC1)C1CC1. The number of carbonyl (C=O) groups excluding carboxylic acids is 1. The third-order valence-corrected chi connectivity index (χ3v) is 2.56. The summed E-state index contributed by atoms with van der Waals surface area (Å²) >= 11 is 0. The van der Waals surface area contributed by atoms with Crippen LogP contribution in [0.5, 0.6) is 0 Å². The van der Waals surface area contributed by atoms with Gasteiger partial charge >= 0.3 is 0 Å². The van der Waals surface area contributed by atoms with E-state index in [1.54, 1.807) is 0 Å². The molecule has 0 atom stereocenters. The normalized spacial score (nSPS) is 24.5. The molecule has 1 saturated carbocycles. The fourth-order valence-electron chi connectivity index (χ4n) is 1.67. The van der Waals surface area contributed by atoms with Crippen LogP contribution in [0.2, 0.25) is 0 Å². The molecule has 0 aromatic carbocycles. The predicted octanol–water partition coefficient (Wildman–Crippen LogP) is 2.47. The maximum Gasteiger partial charge on any atom is 0.161 e. The Morgan fingerprint density at radius 1 is 1.36 bits per heavy atom. The van der Waals surface area contributed by atoms with E-state index in [1.807, 2.05) is 0 Å². The van der Waals surface area contributed by atoms with Gasteiger partial charge in [0, 0.05) is 5.92 Å². The summed E-state index contributed by atoms with van der Waals surface area (Å²) < 4.78 is 0. The molecule has 0 aliphatic heterocycles. The minimum atomic E-state index is 0.430. The molecule has 1 fully saturated rings. The van der Waals surface area contributed by atoms with Crippen molar-refractivity contribution >= 4 is 5.78 Å². The third-order valence-electron chi connectivity index (χ3n) is 2.56. The molecule has 1 heteroatoms. The van der Waals surface area contributed by atoms with Gasteiger partial charge < -0.3 is 0 Å². The summed E-state index contributed by atoms with van der Waals surface area (Å²) in [5.74, 6) is 0.893. The van der Waals surface area contributed by atoms with Gasteiger partial charge in [-0.25, -0.2) is 0 Å². The molecule has 60 valence electrons. The number of ketones is 1. The van der Waals surface area contributed by atoms with E-state index in [4.69, 9.17) is 0 Å². The fraction of sp³-hybridized carbons (Fsp3) is 0.700. The molecule has 0 N–H and O–H groups in total. The van der Waals surface area contributed by atoms with Gasteiger partial charge in [-0.05, 0) is 44.1 Å². The zero-order valence-electron chi connectivity index (χ0n) is 6.81. The van der Waals surface area contributed by atoms with Crippen LogP contribution in [0, 0.1) is 5.92 Å². The third kappa shape index (κ3) is 1.52. The van der Waals surface area contributed by atoms with Crippen LogP contribution >= 0.6 is 0 Å². The van der Waals surface area contributed by atoms with Crippen molar-refractivity contribution < 1.29 is 4.79 Å². The molecule has 0 heterocycles. The molecular weight excluding hydrogens is 136 g/mol. The van der Waals surface area contributed by atoms with Gasteiger partial charge in [-0.3, -0.25) is 4.79 Å². The molecule has 0 aromatic heterocycles. The first-order valence-electron chi connectivity index (χ1n) is 4.61. The highest BCUT2D eigenvalue weighted by Crippen LogP contribution is 2.34. The van der Waals surface area contributed by atoms with E-state index in [9.17, 15) is 4.79 Å². The van der Waals surface area contributed by atoms with Crippen molar-refractivity contribution in [2.24, 2.45) is 5.92 Å². The second kappa shape index (κ2) is 2.80. The summed E-state index contributed by atoms with van der Waals surface area (Å²) in [5, 5.41) is 0. The number of carbonyl (C=O) groups is 1. The van der Waals surface area contributed by atoms with Gasteiger partial charge in [-0.2, -0.15) is 0 Å². The largest absolute Gasteiger partial charge is 0.294 e. The van der Waals surface area contributed by atoms with E-state index in [1.165, 1.54) is 12.8 Å². The van der Waals surface area contributed by atoms with E-state index < -0.39 is 0 Å². The van der Waals surface area contributed by atoms with E-state index >= 15 is 0 Å². The highest BCUT2D eigenvalue weighted by Gasteiger charge is 2.31. The van der Waals surface area contributed by atoms with Crippen LogP contribution in [0.3, 0.4) is 0 Å². The molecule has 11 heavy (non-hydrogen) atoms. The number of rotatable bonds is 2. The molecule has 2 aliphatic rings. The first-order chi connectivity index (χ1) is 5.38. The molecule has 0 spiro atoms. The lowest BCUT2D eigenvalue weighted by Gasteiger charge is -2.10. The first kappa shape index (κ1) is 7.08. The van der Waals surface area contributed by atoms with Crippen molar-refractivity contribution in [1.82, 2.24) is 0 Å². The minimum absolute atomic E-state index is 0.430. The van der Waals surface area contributed by atoms with Crippen LogP contribution in [0.1, 0.15) is 38.5 Å². The Balaban J connectivity index is 2.01. The Morgan fingerprint density at radius 2 is 2.18 bits per heavy atom. The van der Waals surface area contributed by atoms with Crippen molar-refractivity contribution in [2.75, 3.05) is 0 Å². The molecular formula is C10H14O. The number of allylic oxidation sites excluding steroid dienone is 2. The second-order valence-corrected chi connectivity index (χ2v) is 3.61. The summed E-state index contributed by atoms with van der Waals surface area (Å²) in [6, 6.07) is 0. The van der Waals surface area contributed by atoms with Crippen molar-refractivity contribution in [2.45, 2.75) is 38.5 Å². The minimum Gasteiger partial charge on any atom is -0.294 e. The van der Waals surface area contributed by atoms with Crippen LogP contribution in [0.25, 0.3) is 0 Å². The molecule has 0 bridgehead atoms. The van der Waals surface area contributed by atoms with Gasteiger partial charge in [-0.15, -0.1) is 0 Å². The van der Waals surface area contributed by atoms with Crippen LogP contribution in [-0.2, 0) is 4.79 Å². The van der Waals surface area contributed by atoms with Crippen LogP contribution < -0.4 is 0 Å².